The lowest BCUT2D eigenvalue weighted by atomic mass is 10.1. The normalized spacial score (nSPS) is 11.2. The third-order valence-corrected chi connectivity index (χ3v) is 2.04. The van der Waals surface area contributed by atoms with Crippen molar-refractivity contribution in [3.8, 4) is 0 Å². The van der Waals surface area contributed by atoms with Gasteiger partial charge in [-0.2, -0.15) is 0 Å². The average Bonchev–Trinajstić information content (AvgIpc) is 2.12. The maximum absolute atomic E-state index is 11.1. The van der Waals surface area contributed by atoms with Crippen molar-refractivity contribution in [2.24, 2.45) is 0 Å². The average molecular weight is 225 g/mol. The first kappa shape index (κ1) is 12.2. The maximum atomic E-state index is 11.1. The number of aromatic nitrogens is 2. The van der Waals surface area contributed by atoms with Gasteiger partial charge in [0.05, 0.1) is 6.33 Å². The lowest BCUT2D eigenvalue weighted by molar-refractivity contribution is -0.135. The topological polar surface area (TPSA) is 86.3 Å². The summed E-state index contributed by atoms with van der Waals surface area (Å²) in [5.41, 5.74) is -0.719. The highest BCUT2D eigenvalue weighted by atomic mass is 16.4. The van der Waals surface area contributed by atoms with Crippen molar-refractivity contribution < 1.29 is 9.90 Å². The quantitative estimate of drug-likeness (QED) is 0.780. The molecular formula is C10H15N3O3. The molecule has 6 heteroatoms. The van der Waals surface area contributed by atoms with Gasteiger partial charge in [0.2, 0.25) is 0 Å². The van der Waals surface area contributed by atoms with E-state index < -0.39 is 11.5 Å². The molecule has 0 bridgehead atoms. The number of anilines is 1. The molecule has 0 aliphatic heterocycles. The number of hydrogen-bond acceptors (Lipinski definition) is 4. The first-order valence-electron chi connectivity index (χ1n) is 4.85. The molecule has 0 saturated heterocycles. The number of rotatable bonds is 3. The second-order valence-corrected chi connectivity index (χ2v) is 4.42. The highest BCUT2D eigenvalue weighted by molar-refractivity contribution is 5.73. The van der Waals surface area contributed by atoms with Crippen LogP contribution in [0.5, 0.6) is 0 Å². The van der Waals surface area contributed by atoms with Gasteiger partial charge in [-0.15, -0.1) is 0 Å². The van der Waals surface area contributed by atoms with Gasteiger partial charge in [0.1, 0.15) is 12.4 Å². The van der Waals surface area contributed by atoms with Gasteiger partial charge in [0, 0.05) is 11.6 Å². The SMILES string of the molecule is CC(C)(C)N(CC(=O)O)c1cc(=O)[nH]cn1. The van der Waals surface area contributed by atoms with E-state index in [9.17, 15) is 9.59 Å². The molecule has 6 nitrogen and oxygen atoms in total. The Morgan fingerprint density at radius 3 is 2.62 bits per heavy atom. The molecule has 2 N–H and O–H groups in total. The van der Waals surface area contributed by atoms with Crippen LogP contribution < -0.4 is 10.5 Å². The number of hydrogen-bond donors (Lipinski definition) is 2. The zero-order chi connectivity index (χ0) is 12.3. The van der Waals surface area contributed by atoms with Crippen molar-refractivity contribution in [3.63, 3.8) is 0 Å². The number of aliphatic carboxylic acids is 1. The van der Waals surface area contributed by atoms with Crippen molar-refractivity contribution in [1.29, 1.82) is 0 Å². The summed E-state index contributed by atoms with van der Waals surface area (Å²) in [6.07, 6.45) is 1.26. The molecule has 0 amide bonds. The highest BCUT2D eigenvalue weighted by Crippen LogP contribution is 2.19. The fourth-order valence-electron chi connectivity index (χ4n) is 1.30. The molecule has 1 heterocycles. The summed E-state index contributed by atoms with van der Waals surface area (Å²) in [5, 5.41) is 8.82. The Labute approximate surface area is 92.9 Å². The van der Waals surface area contributed by atoms with Gasteiger partial charge in [0.25, 0.3) is 5.56 Å². The van der Waals surface area contributed by atoms with Crippen LogP contribution in [0, 0.1) is 0 Å². The molecule has 1 rings (SSSR count). The van der Waals surface area contributed by atoms with E-state index >= 15 is 0 Å². The van der Waals surface area contributed by atoms with Gasteiger partial charge in [-0.1, -0.05) is 0 Å². The van der Waals surface area contributed by atoms with E-state index in [1.807, 2.05) is 20.8 Å². The summed E-state index contributed by atoms with van der Waals surface area (Å²) in [6.45, 7) is 5.39. The summed E-state index contributed by atoms with van der Waals surface area (Å²) >= 11 is 0. The lowest BCUT2D eigenvalue weighted by Crippen LogP contribution is -2.45. The van der Waals surface area contributed by atoms with Crippen LogP contribution >= 0.6 is 0 Å². The van der Waals surface area contributed by atoms with E-state index in [-0.39, 0.29) is 12.1 Å². The van der Waals surface area contributed by atoms with Crippen LogP contribution in [0.4, 0.5) is 5.82 Å². The molecule has 0 aliphatic rings. The smallest absolute Gasteiger partial charge is 0.323 e. The van der Waals surface area contributed by atoms with E-state index in [0.29, 0.717) is 5.82 Å². The van der Waals surface area contributed by atoms with Gasteiger partial charge in [-0.05, 0) is 20.8 Å². The Balaban J connectivity index is 3.11. The van der Waals surface area contributed by atoms with Crippen molar-refractivity contribution in [2.45, 2.75) is 26.3 Å². The number of carboxylic acids is 1. The van der Waals surface area contributed by atoms with Crippen LogP contribution in [0.25, 0.3) is 0 Å². The number of aromatic amines is 1. The van der Waals surface area contributed by atoms with Crippen LogP contribution in [0.3, 0.4) is 0 Å². The molecule has 16 heavy (non-hydrogen) atoms. The molecule has 0 aliphatic carbocycles. The number of H-pyrrole nitrogens is 1. The van der Waals surface area contributed by atoms with Crippen LogP contribution in [0.2, 0.25) is 0 Å². The Hall–Kier alpha value is -1.85. The first-order valence-corrected chi connectivity index (χ1v) is 4.85. The van der Waals surface area contributed by atoms with Crippen molar-refractivity contribution in [2.75, 3.05) is 11.4 Å². The first-order chi connectivity index (χ1) is 7.30. The molecule has 0 spiro atoms. The molecule has 0 saturated carbocycles. The lowest BCUT2D eigenvalue weighted by Gasteiger charge is -2.35. The molecule has 0 radical (unpaired) electrons. The Bertz CT molecular complexity index is 433. The van der Waals surface area contributed by atoms with Crippen LogP contribution in [0.1, 0.15) is 20.8 Å². The largest absolute Gasteiger partial charge is 0.480 e. The van der Waals surface area contributed by atoms with Crippen LogP contribution in [-0.2, 0) is 4.79 Å². The van der Waals surface area contributed by atoms with Gasteiger partial charge in [-0.25, -0.2) is 4.98 Å². The van der Waals surface area contributed by atoms with Gasteiger partial charge in [0.15, 0.2) is 0 Å². The number of nitrogens with one attached hydrogen (secondary N) is 1. The number of nitrogens with zero attached hydrogens (tertiary/aromatic N) is 2. The summed E-state index contributed by atoms with van der Waals surface area (Å²) in [7, 11) is 0. The molecule has 0 fully saturated rings. The molecular weight excluding hydrogens is 210 g/mol. The van der Waals surface area contributed by atoms with Gasteiger partial charge in [-0.3, -0.25) is 9.59 Å². The zero-order valence-corrected chi connectivity index (χ0v) is 9.52. The summed E-state index contributed by atoms with van der Waals surface area (Å²) in [5.74, 6) is -0.601. The summed E-state index contributed by atoms with van der Waals surface area (Å²) in [6, 6.07) is 1.29. The second kappa shape index (κ2) is 4.34. The third-order valence-electron chi connectivity index (χ3n) is 2.04. The van der Waals surface area contributed by atoms with Gasteiger partial charge < -0.3 is 15.0 Å². The molecule has 0 atom stereocenters. The minimum atomic E-state index is -0.961. The predicted molar refractivity (Wildman–Crippen MR) is 59.6 cm³/mol. The number of carboxylic acid groups (broad SMARTS) is 1. The molecule has 0 unspecified atom stereocenters. The van der Waals surface area contributed by atoms with E-state index in [2.05, 4.69) is 9.97 Å². The van der Waals surface area contributed by atoms with Gasteiger partial charge >= 0.3 is 5.97 Å². The van der Waals surface area contributed by atoms with Crippen molar-refractivity contribution in [3.05, 3.63) is 22.7 Å². The summed E-state index contributed by atoms with van der Waals surface area (Å²) < 4.78 is 0. The van der Waals surface area contributed by atoms with E-state index in [1.165, 1.54) is 12.4 Å². The van der Waals surface area contributed by atoms with E-state index in [4.69, 9.17) is 5.11 Å². The Kier molecular flexibility index (Phi) is 3.31. The zero-order valence-electron chi connectivity index (χ0n) is 9.52. The van der Waals surface area contributed by atoms with Crippen LogP contribution in [0.15, 0.2) is 17.2 Å². The molecule has 1 aromatic heterocycles. The van der Waals surface area contributed by atoms with E-state index in [1.54, 1.807) is 4.90 Å². The van der Waals surface area contributed by atoms with Crippen molar-refractivity contribution >= 4 is 11.8 Å². The standard InChI is InChI=1S/C10H15N3O3/c1-10(2,3)13(5-9(15)16)7-4-8(14)12-6-11-7/h4,6H,5H2,1-3H3,(H,15,16)(H,11,12,14). The maximum Gasteiger partial charge on any atom is 0.323 e. The predicted octanol–water partition coefficient (Wildman–Crippen LogP) is 0.459. The summed E-state index contributed by atoms with van der Waals surface area (Å²) in [4.78, 5) is 29.8. The Morgan fingerprint density at radius 1 is 1.56 bits per heavy atom. The van der Waals surface area contributed by atoms with Crippen LogP contribution in [-0.4, -0.2) is 33.1 Å². The minimum Gasteiger partial charge on any atom is -0.480 e. The molecule has 0 aromatic carbocycles. The number of carbonyl (C=O) groups is 1. The van der Waals surface area contributed by atoms with E-state index in [0.717, 1.165) is 0 Å². The fourth-order valence-corrected chi connectivity index (χ4v) is 1.30. The third kappa shape index (κ3) is 3.08. The highest BCUT2D eigenvalue weighted by Gasteiger charge is 2.25. The molecule has 88 valence electrons. The fraction of sp³-hybridized carbons (Fsp3) is 0.500. The van der Waals surface area contributed by atoms with Crippen molar-refractivity contribution in [1.82, 2.24) is 9.97 Å². The minimum absolute atomic E-state index is 0.194. The monoisotopic (exact) mass is 225 g/mol. The Morgan fingerprint density at radius 2 is 2.19 bits per heavy atom. The second-order valence-electron chi connectivity index (χ2n) is 4.42. The molecule has 1 aromatic rings.